The molecule has 0 aromatic heterocycles. The van der Waals surface area contributed by atoms with E-state index in [9.17, 15) is 12.8 Å². The molecule has 7 heteroatoms. The molecule has 0 aliphatic heterocycles. The summed E-state index contributed by atoms with van der Waals surface area (Å²) in [4.78, 5) is -0.578. The van der Waals surface area contributed by atoms with E-state index in [0.717, 1.165) is 23.3 Å². The highest BCUT2D eigenvalue weighted by atomic mass is 35.5. The zero-order chi connectivity index (χ0) is 15.8. The Morgan fingerprint density at radius 2 is 1.81 bits per heavy atom. The minimum Gasteiger partial charge on any atom is -0.399 e. The van der Waals surface area contributed by atoms with Crippen molar-refractivity contribution in [1.29, 1.82) is 0 Å². The normalized spacial score (nSPS) is 11.4. The van der Waals surface area contributed by atoms with E-state index in [2.05, 4.69) is 4.72 Å². The fraction of sp³-hybridized carbons (Fsp3) is 0.143. The Kier molecular flexibility index (Phi) is 4.11. The fourth-order valence-corrected chi connectivity index (χ4v) is 3.26. The van der Waals surface area contributed by atoms with Crippen LogP contribution in [0, 0.1) is 19.7 Å². The highest BCUT2D eigenvalue weighted by Crippen LogP contribution is 2.27. The molecule has 0 saturated heterocycles. The molecule has 4 nitrogen and oxygen atoms in total. The number of rotatable bonds is 3. The third-order valence-electron chi connectivity index (χ3n) is 3.07. The Morgan fingerprint density at radius 3 is 2.43 bits per heavy atom. The van der Waals surface area contributed by atoms with Gasteiger partial charge in [-0.15, -0.1) is 0 Å². The Labute approximate surface area is 127 Å². The van der Waals surface area contributed by atoms with Gasteiger partial charge in [0.2, 0.25) is 0 Å². The Balaban J connectivity index is 2.45. The van der Waals surface area contributed by atoms with Crippen LogP contribution in [0.4, 0.5) is 15.8 Å². The molecule has 0 spiro atoms. The number of nitrogen functional groups attached to an aromatic ring is 1. The number of anilines is 2. The number of hydrogen-bond acceptors (Lipinski definition) is 3. The summed E-state index contributed by atoms with van der Waals surface area (Å²) >= 11 is 5.63. The van der Waals surface area contributed by atoms with Crippen LogP contribution in [0.25, 0.3) is 0 Å². The first-order valence-electron chi connectivity index (χ1n) is 6.05. The third-order valence-corrected chi connectivity index (χ3v) is 4.72. The van der Waals surface area contributed by atoms with Gasteiger partial charge in [0.15, 0.2) is 5.82 Å². The molecule has 0 bridgehead atoms. The minimum absolute atomic E-state index is 0.0712. The average molecular weight is 329 g/mol. The second-order valence-corrected chi connectivity index (χ2v) is 6.78. The number of hydrogen-bond donors (Lipinski definition) is 2. The largest absolute Gasteiger partial charge is 0.399 e. The summed E-state index contributed by atoms with van der Waals surface area (Å²) in [6.07, 6.45) is 0. The van der Waals surface area contributed by atoms with E-state index in [1.165, 1.54) is 0 Å². The monoisotopic (exact) mass is 328 g/mol. The fourth-order valence-electron chi connectivity index (χ4n) is 1.79. The van der Waals surface area contributed by atoms with Crippen molar-refractivity contribution >= 4 is 33.0 Å². The number of sulfonamides is 1. The lowest BCUT2D eigenvalue weighted by molar-refractivity contribution is 0.571. The summed E-state index contributed by atoms with van der Waals surface area (Å²) in [6.45, 7) is 3.76. The molecule has 0 aliphatic rings. The Morgan fingerprint density at radius 1 is 1.14 bits per heavy atom. The second kappa shape index (κ2) is 5.54. The van der Waals surface area contributed by atoms with Gasteiger partial charge in [-0.2, -0.15) is 0 Å². The number of nitrogens with two attached hydrogens (primary N) is 1. The summed E-state index contributed by atoms with van der Waals surface area (Å²) in [6, 6.07) is 7.23. The van der Waals surface area contributed by atoms with Gasteiger partial charge in [-0.3, -0.25) is 4.72 Å². The van der Waals surface area contributed by atoms with Crippen molar-refractivity contribution in [2.45, 2.75) is 18.7 Å². The number of aryl methyl sites for hydroxylation is 2. The molecule has 0 fully saturated rings. The van der Waals surface area contributed by atoms with E-state index in [4.69, 9.17) is 17.3 Å². The lowest BCUT2D eigenvalue weighted by atomic mass is 10.1. The molecule has 0 aliphatic carbocycles. The van der Waals surface area contributed by atoms with E-state index >= 15 is 0 Å². The van der Waals surface area contributed by atoms with Crippen molar-refractivity contribution in [1.82, 2.24) is 0 Å². The van der Waals surface area contributed by atoms with E-state index < -0.39 is 20.7 Å². The maximum Gasteiger partial charge on any atom is 0.264 e. The molecule has 0 unspecified atom stereocenters. The molecule has 0 amide bonds. The Bertz CT molecular complexity index is 807. The van der Waals surface area contributed by atoms with E-state index in [0.29, 0.717) is 5.69 Å². The number of halogens is 2. The highest BCUT2D eigenvalue weighted by Gasteiger charge is 2.22. The van der Waals surface area contributed by atoms with Gasteiger partial charge in [0.25, 0.3) is 10.0 Å². The summed E-state index contributed by atoms with van der Waals surface area (Å²) in [5.74, 6) is -1.03. The van der Waals surface area contributed by atoms with Gasteiger partial charge in [0, 0.05) is 11.4 Å². The first-order chi connectivity index (χ1) is 9.70. The standard InChI is InChI=1S/C14H14ClFN2O2S/c1-8-3-4-11(5-9(8)2)18-21(19,20)13-7-10(17)6-12(15)14(13)16/h3-7,18H,17H2,1-2H3. The number of nitrogens with one attached hydrogen (secondary N) is 1. The van der Waals surface area contributed by atoms with Crippen LogP contribution in [-0.4, -0.2) is 8.42 Å². The molecule has 2 rings (SSSR count). The van der Waals surface area contributed by atoms with Gasteiger partial charge in [-0.1, -0.05) is 17.7 Å². The van der Waals surface area contributed by atoms with Crippen molar-refractivity contribution in [2.24, 2.45) is 0 Å². The number of benzene rings is 2. The molecule has 0 atom stereocenters. The lowest BCUT2D eigenvalue weighted by Crippen LogP contribution is -2.15. The molecule has 2 aromatic rings. The maximum atomic E-state index is 13.9. The summed E-state index contributed by atoms with van der Waals surface area (Å²) in [5.41, 5.74) is 7.88. The molecule has 0 saturated carbocycles. The van der Waals surface area contributed by atoms with Crippen molar-refractivity contribution in [2.75, 3.05) is 10.5 Å². The van der Waals surface area contributed by atoms with Crippen LogP contribution in [0.5, 0.6) is 0 Å². The molecule has 0 radical (unpaired) electrons. The molecule has 21 heavy (non-hydrogen) atoms. The summed E-state index contributed by atoms with van der Waals surface area (Å²) < 4.78 is 40.7. The smallest absolute Gasteiger partial charge is 0.264 e. The third kappa shape index (κ3) is 3.28. The van der Waals surface area contributed by atoms with E-state index in [-0.39, 0.29) is 10.7 Å². The van der Waals surface area contributed by atoms with Gasteiger partial charge in [0.1, 0.15) is 4.90 Å². The van der Waals surface area contributed by atoms with Crippen molar-refractivity contribution in [3.05, 3.63) is 52.3 Å². The maximum absolute atomic E-state index is 13.9. The van der Waals surface area contributed by atoms with Crippen molar-refractivity contribution in [3.63, 3.8) is 0 Å². The Hall–Kier alpha value is -1.79. The van der Waals surface area contributed by atoms with Crippen LogP contribution in [0.2, 0.25) is 5.02 Å². The summed E-state index contributed by atoms with van der Waals surface area (Å²) in [5, 5.41) is -0.338. The van der Waals surface area contributed by atoms with Crippen LogP contribution in [-0.2, 0) is 10.0 Å². The summed E-state index contributed by atoms with van der Waals surface area (Å²) in [7, 11) is -4.11. The highest BCUT2D eigenvalue weighted by molar-refractivity contribution is 7.92. The van der Waals surface area contributed by atoms with Gasteiger partial charge in [-0.05, 0) is 49.2 Å². The van der Waals surface area contributed by atoms with Gasteiger partial charge in [-0.25, -0.2) is 12.8 Å². The van der Waals surface area contributed by atoms with Crippen molar-refractivity contribution in [3.8, 4) is 0 Å². The zero-order valence-corrected chi connectivity index (χ0v) is 13.0. The minimum atomic E-state index is -4.11. The molecule has 112 valence electrons. The average Bonchev–Trinajstić information content (AvgIpc) is 2.37. The van der Waals surface area contributed by atoms with Crippen LogP contribution in [0.3, 0.4) is 0 Å². The zero-order valence-electron chi connectivity index (χ0n) is 11.4. The van der Waals surface area contributed by atoms with Crippen LogP contribution >= 0.6 is 11.6 Å². The van der Waals surface area contributed by atoms with Crippen molar-refractivity contribution < 1.29 is 12.8 Å². The first kappa shape index (κ1) is 15.6. The molecular formula is C14H14ClFN2O2S. The quantitative estimate of drug-likeness (QED) is 0.847. The van der Waals surface area contributed by atoms with E-state index in [1.807, 2.05) is 13.8 Å². The van der Waals surface area contributed by atoms with Gasteiger partial charge in [0.05, 0.1) is 5.02 Å². The second-order valence-electron chi connectivity index (χ2n) is 4.72. The molecule has 3 N–H and O–H groups in total. The van der Waals surface area contributed by atoms with Gasteiger partial charge >= 0.3 is 0 Å². The predicted molar refractivity (Wildman–Crippen MR) is 82.5 cm³/mol. The first-order valence-corrected chi connectivity index (χ1v) is 7.91. The molecule has 0 heterocycles. The van der Waals surface area contributed by atoms with Crippen LogP contribution in [0.15, 0.2) is 35.2 Å². The topological polar surface area (TPSA) is 72.2 Å². The van der Waals surface area contributed by atoms with Crippen LogP contribution in [0.1, 0.15) is 11.1 Å². The lowest BCUT2D eigenvalue weighted by Gasteiger charge is -2.11. The predicted octanol–water partition coefficient (Wildman–Crippen LogP) is 3.48. The van der Waals surface area contributed by atoms with Gasteiger partial charge < -0.3 is 5.73 Å². The van der Waals surface area contributed by atoms with E-state index in [1.54, 1.807) is 18.2 Å². The SMILES string of the molecule is Cc1ccc(NS(=O)(=O)c2cc(N)cc(Cl)c2F)cc1C. The van der Waals surface area contributed by atoms with Crippen LogP contribution < -0.4 is 10.5 Å². The molecule has 2 aromatic carbocycles. The molecular weight excluding hydrogens is 315 g/mol.